The van der Waals surface area contributed by atoms with Gasteiger partial charge < -0.3 is 10.2 Å². The number of piperidine rings is 1. The molecule has 1 N–H and O–H groups in total. The summed E-state index contributed by atoms with van der Waals surface area (Å²) in [6.45, 7) is 24.7. The molecule has 0 atom stereocenters. The van der Waals surface area contributed by atoms with E-state index in [2.05, 4.69) is 94.1 Å². The van der Waals surface area contributed by atoms with Gasteiger partial charge in [0.15, 0.2) is 0 Å². The molecule has 0 unspecified atom stereocenters. The first-order valence-electron chi connectivity index (χ1n) is 14.1. The fourth-order valence-electron chi connectivity index (χ4n) is 4.77. The number of hydrogen-bond acceptors (Lipinski definition) is 2. The Kier molecular flexibility index (Phi) is 13.2. The molecule has 0 saturated carbocycles. The van der Waals surface area contributed by atoms with Gasteiger partial charge in [0.1, 0.15) is 0 Å². The number of allylic oxidation sites excluding steroid dienone is 5. The lowest BCUT2D eigenvalue weighted by molar-refractivity contribution is 0.290. The maximum atomic E-state index is 4.46. The minimum absolute atomic E-state index is 0.732. The summed E-state index contributed by atoms with van der Waals surface area (Å²) in [5, 5.41) is 3.58. The molecule has 0 aliphatic carbocycles. The van der Waals surface area contributed by atoms with Crippen LogP contribution in [0.5, 0.6) is 0 Å². The van der Waals surface area contributed by atoms with Crippen LogP contribution < -0.4 is 5.32 Å². The van der Waals surface area contributed by atoms with Gasteiger partial charge >= 0.3 is 0 Å². The third-order valence-electron chi connectivity index (χ3n) is 7.20. The van der Waals surface area contributed by atoms with E-state index in [0.717, 1.165) is 55.9 Å². The summed E-state index contributed by atoms with van der Waals surface area (Å²) in [5.74, 6) is 0. The molecule has 0 aromatic heterocycles. The zero-order valence-corrected chi connectivity index (χ0v) is 23.6. The SMILES string of the molecule is C=C/C(=C\C(=C/C)c1ccc(CCCCC)c(C)c1)C(=C)NC/C(=C/CCC)C(=C)N1CCCCC1. The average Bonchev–Trinajstić information content (AvgIpc) is 2.90. The van der Waals surface area contributed by atoms with E-state index in [9.17, 15) is 0 Å². The van der Waals surface area contributed by atoms with Crippen LogP contribution in [0.3, 0.4) is 0 Å². The number of aryl methyl sites for hydroxylation is 2. The molecule has 1 saturated heterocycles. The van der Waals surface area contributed by atoms with Crippen LogP contribution in [0.1, 0.15) is 88.8 Å². The molecule has 0 amide bonds. The van der Waals surface area contributed by atoms with Crippen molar-refractivity contribution in [3.63, 3.8) is 0 Å². The number of nitrogens with zero attached hydrogens (tertiary/aromatic N) is 1. The molecule has 2 rings (SSSR count). The molecule has 2 nitrogen and oxygen atoms in total. The van der Waals surface area contributed by atoms with Crippen molar-refractivity contribution in [1.29, 1.82) is 0 Å². The number of hydrogen-bond donors (Lipinski definition) is 1. The van der Waals surface area contributed by atoms with Gasteiger partial charge in [-0.2, -0.15) is 0 Å². The second kappa shape index (κ2) is 16.1. The lowest BCUT2D eigenvalue weighted by Crippen LogP contribution is -2.31. The fourth-order valence-corrected chi connectivity index (χ4v) is 4.77. The molecule has 196 valence electrons. The minimum atomic E-state index is 0.732. The predicted molar refractivity (Wildman–Crippen MR) is 161 cm³/mol. The largest absolute Gasteiger partial charge is 0.381 e. The van der Waals surface area contributed by atoms with Gasteiger partial charge in [0.25, 0.3) is 0 Å². The van der Waals surface area contributed by atoms with Gasteiger partial charge in [-0.15, -0.1) is 0 Å². The molecule has 1 aromatic carbocycles. The maximum Gasteiger partial charge on any atom is 0.0417 e. The Balaban J connectivity index is 2.12. The highest BCUT2D eigenvalue weighted by Gasteiger charge is 2.15. The van der Waals surface area contributed by atoms with E-state index in [1.165, 1.54) is 66.4 Å². The van der Waals surface area contributed by atoms with Gasteiger partial charge in [0.05, 0.1) is 0 Å². The second-order valence-corrected chi connectivity index (χ2v) is 9.99. The van der Waals surface area contributed by atoms with Crippen molar-refractivity contribution in [3.8, 4) is 0 Å². The molecule has 2 heteroatoms. The van der Waals surface area contributed by atoms with E-state index in [4.69, 9.17) is 0 Å². The minimum Gasteiger partial charge on any atom is -0.381 e. The molecule has 0 bridgehead atoms. The Bertz CT molecular complexity index is 967. The van der Waals surface area contributed by atoms with E-state index in [-0.39, 0.29) is 0 Å². The topological polar surface area (TPSA) is 15.3 Å². The number of benzene rings is 1. The summed E-state index contributed by atoms with van der Waals surface area (Å²) in [7, 11) is 0. The van der Waals surface area contributed by atoms with E-state index >= 15 is 0 Å². The zero-order chi connectivity index (χ0) is 26.3. The highest BCUT2D eigenvalue weighted by Crippen LogP contribution is 2.25. The summed E-state index contributed by atoms with van der Waals surface area (Å²) < 4.78 is 0. The smallest absolute Gasteiger partial charge is 0.0417 e. The standard InChI is InChI=1S/C34H50N2/c1-8-12-15-19-32-20-21-33(24-27(32)5)31(11-4)25-30(10-3)28(6)35-26-34(18-13-9-2)29(7)36-22-16-14-17-23-36/h10-11,18,20-21,24-25,35H,3,6-9,12-17,19,22-23,26H2,1-2,4-5H3/b30-25+,31-11+,34-18-. The second-order valence-electron chi connectivity index (χ2n) is 9.99. The van der Waals surface area contributed by atoms with E-state index in [1.807, 2.05) is 6.08 Å². The van der Waals surface area contributed by atoms with Crippen molar-refractivity contribution in [1.82, 2.24) is 10.2 Å². The highest BCUT2D eigenvalue weighted by atomic mass is 15.1. The summed E-state index contributed by atoms with van der Waals surface area (Å²) in [4.78, 5) is 2.45. The Labute approximate surface area is 222 Å². The van der Waals surface area contributed by atoms with Crippen LogP contribution in [0.25, 0.3) is 5.57 Å². The van der Waals surface area contributed by atoms with Crippen LogP contribution in [0.4, 0.5) is 0 Å². The Morgan fingerprint density at radius 2 is 1.81 bits per heavy atom. The fraction of sp³-hybridized carbons (Fsp3) is 0.471. The van der Waals surface area contributed by atoms with Gasteiger partial charge in [-0.3, -0.25) is 0 Å². The predicted octanol–water partition coefficient (Wildman–Crippen LogP) is 9.07. The maximum absolute atomic E-state index is 4.46. The van der Waals surface area contributed by atoms with Crippen molar-refractivity contribution in [3.05, 3.63) is 101 Å². The molecular formula is C34H50N2. The zero-order valence-electron chi connectivity index (χ0n) is 23.6. The van der Waals surface area contributed by atoms with Crippen molar-refractivity contribution in [2.75, 3.05) is 19.6 Å². The number of unbranched alkanes of at least 4 members (excludes halogenated alkanes) is 3. The Morgan fingerprint density at radius 1 is 1.06 bits per heavy atom. The monoisotopic (exact) mass is 486 g/mol. The molecule has 36 heavy (non-hydrogen) atoms. The number of likely N-dealkylation sites (tertiary alicyclic amines) is 1. The molecule has 1 aromatic rings. The van der Waals surface area contributed by atoms with Crippen LogP contribution in [-0.2, 0) is 6.42 Å². The van der Waals surface area contributed by atoms with Crippen LogP contribution in [0.2, 0.25) is 0 Å². The van der Waals surface area contributed by atoms with Crippen molar-refractivity contribution in [2.45, 2.75) is 85.5 Å². The summed E-state index contributed by atoms with van der Waals surface area (Å²) in [6.07, 6.45) is 19.6. The van der Waals surface area contributed by atoms with Gasteiger partial charge in [-0.05, 0) is 91.9 Å². The average molecular weight is 487 g/mol. The third-order valence-corrected chi connectivity index (χ3v) is 7.20. The van der Waals surface area contributed by atoms with Crippen molar-refractivity contribution in [2.24, 2.45) is 0 Å². The first-order chi connectivity index (χ1) is 17.4. The molecule has 1 aliphatic rings. The van der Waals surface area contributed by atoms with E-state index in [1.54, 1.807) is 0 Å². The van der Waals surface area contributed by atoms with Gasteiger partial charge in [-0.1, -0.05) is 89.3 Å². The van der Waals surface area contributed by atoms with Crippen LogP contribution >= 0.6 is 0 Å². The molecule has 1 aliphatic heterocycles. The van der Waals surface area contributed by atoms with E-state index in [0.29, 0.717) is 0 Å². The lowest BCUT2D eigenvalue weighted by atomic mass is 9.95. The first kappa shape index (κ1) is 29.5. The lowest BCUT2D eigenvalue weighted by Gasteiger charge is -2.32. The molecule has 1 fully saturated rings. The Hall–Kier alpha value is -2.74. The van der Waals surface area contributed by atoms with Crippen molar-refractivity contribution < 1.29 is 0 Å². The Morgan fingerprint density at radius 3 is 2.42 bits per heavy atom. The first-order valence-corrected chi connectivity index (χ1v) is 14.1. The van der Waals surface area contributed by atoms with Crippen LogP contribution in [0.15, 0.2) is 84.8 Å². The van der Waals surface area contributed by atoms with Crippen LogP contribution in [0, 0.1) is 6.92 Å². The van der Waals surface area contributed by atoms with Gasteiger partial charge in [0.2, 0.25) is 0 Å². The molecular weight excluding hydrogens is 436 g/mol. The number of rotatable bonds is 15. The molecule has 0 radical (unpaired) electrons. The third kappa shape index (κ3) is 9.04. The number of nitrogens with one attached hydrogen (secondary N) is 1. The summed E-state index contributed by atoms with van der Waals surface area (Å²) in [6, 6.07) is 6.87. The molecule has 1 heterocycles. The summed E-state index contributed by atoms with van der Waals surface area (Å²) >= 11 is 0. The summed E-state index contributed by atoms with van der Waals surface area (Å²) in [5.41, 5.74) is 9.62. The van der Waals surface area contributed by atoms with Crippen molar-refractivity contribution >= 4 is 5.57 Å². The van der Waals surface area contributed by atoms with E-state index < -0.39 is 0 Å². The molecule has 0 spiro atoms. The quantitative estimate of drug-likeness (QED) is 0.196. The van der Waals surface area contributed by atoms with Crippen LogP contribution in [-0.4, -0.2) is 24.5 Å². The van der Waals surface area contributed by atoms with Gasteiger partial charge in [0, 0.05) is 31.0 Å². The highest BCUT2D eigenvalue weighted by molar-refractivity contribution is 5.76. The normalized spacial score (nSPS) is 15.1. The van der Waals surface area contributed by atoms with Gasteiger partial charge in [-0.25, -0.2) is 0 Å².